The van der Waals surface area contributed by atoms with E-state index in [2.05, 4.69) is 35.8 Å². The molecule has 0 saturated heterocycles. The number of rotatable bonds is 5. The average molecular weight is 309 g/mol. The summed E-state index contributed by atoms with van der Waals surface area (Å²) in [6.07, 6.45) is 0.973. The topological polar surface area (TPSA) is 22.1 Å². The minimum atomic E-state index is 0.191. The molecule has 0 amide bonds. The van der Waals surface area contributed by atoms with Crippen LogP contribution in [0.2, 0.25) is 0 Å². The summed E-state index contributed by atoms with van der Waals surface area (Å²) >= 11 is 1.74. The molecular formula is C19H19NOS. The van der Waals surface area contributed by atoms with Crippen LogP contribution in [-0.4, -0.2) is 11.1 Å². The summed E-state index contributed by atoms with van der Waals surface area (Å²) in [5.74, 6) is 0.895. The second kappa shape index (κ2) is 6.32. The largest absolute Gasteiger partial charge is 0.491 e. The summed E-state index contributed by atoms with van der Waals surface area (Å²) in [6.45, 7) is 8.26. The van der Waals surface area contributed by atoms with Crippen LogP contribution in [0.3, 0.4) is 0 Å². The molecule has 3 aromatic rings. The summed E-state index contributed by atoms with van der Waals surface area (Å²) in [5.41, 5.74) is 3.28. The summed E-state index contributed by atoms with van der Waals surface area (Å²) in [4.78, 5) is 4.67. The molecular weight excluding hydrogens is 290 g/mol. The summed E-state index contributed by atoms with van der Waals surface area (Å²) in [5, 5.41) is 1.11. The van der Waals surface area contributed by atoms with E-state index in [9.17, 15) is 0 Å². The highest BCUT2D eigenvalue weighted by molar-refractivity contribution is 7.18. The number of para-hydroxylation sites is 1. The van der Waals surface area contributed by atoms with Crippen molar-refractivity contribution in [1.82, 2.24) is 4.98 Å². The first-order valence-electron chi connectivity index (χ1n) is 7.41. The third-order valence-electron chi connectivity index (χ3n) is 3.34. The molecule has 0 spiro atoms. The molecule has 0 atom stereocenters. The molecule has 0 aliphatic heterocycles. The predicted octanol–water partition coefficient (Wildman–Crippen LogP) is 5.34. The molecule has 2 aromatic carbocycles. The zero-order valence-electron chi connectivity index (χ0n) is 12.9. The normalized spacial score (nSPS) is 11.0. The van der Waals surface area contributed by atoms with E-state index in [1.54, 1.807) is 11.3 Å². The van der Waals surface area contributed by atoms with E-state index >= 15 is 0 Å². The lowest BCUT2D eigenvalue weighted by molar-refractivity contribution is 0.242. The van der Waals surface area contributed by atoms with Crippen LogP contribution >= 0.6 is 11.3 Å². The summed E-state index contributed by atoms with van der Waals surface area (Å²) < 4.78 is 6.89. The van der Waals surface area contributed by atoms with Crippen LogP contribution in [0.4, 0.5) is 0 Å². The zero-order valence-corrected chi connectivity index (χ0v) is 13.7. The zero-order chi connectivity index (χ0) is 15.5. The second-order valence-corrected chi connectivity index (χ2v) is 6.66. The lowest BCUT2D eigenvalue weighted by atomic mass is 10.1. The van der Waals surface area contributed by atoms with E-state index < -0.39 is 0 Å². The van der Waals surface area contributed by atoms with Crippen LogP contribution < -0.4 is 4.74 Å². The number of allylic oxidation sites excluding steroid dienone is 1. The molecule has 3 rings (SSSR count). The first-order chi connectivity index (χ1) is 10.6. The summed E-state index contributed by atoms with van der Waals surface area (Å²) in [6, 6.07) is 16.4. The molecule has 0 aliphatic carbocycles. The Morgan fingerprint density at radius 3 is 2.55 bits per heavy atom. The monoisotopic (exact) mass is 309 g/mol. The maximum Gasteiger partial charge on any atom is 0.119 e. The van der Waals surface area contributed by atoms with Crippen molar-refractivity contribution in [3.63, 3.8) is 0 Å². The van der Waals surface area contributed by atoms with Gasteiger partial charge < -0.3 is 4.74 Å². The number of hydrogen-bond donors (Lipinski definition) is 0. The van der Waals surface area contributed by atoms with E-state index in [0.717, 1.165) is 33.8 Å². The Balaban J connectivity index is 1.73. The van der Waals surface area contributed by atoms with Crippen molar-refractivity contribution < 1.29 is 4.74 Å². The number of benzene rings is 2. The first-order valence-corrected chi connectivity index (χ1v) is 8.23. The third-order valence-corrected chi connectivity index (χ3v) is 4.37. The van der Waals surface area contributed by atoms with Gasteiger partial charge in [0, 0.05) is 6.42 Å². The molecule has 0 bridgehead atoms. The summed E-state index contributed by atoms with van der Waals surface area (Å²) in [7, 11) is 0. The lowest BCUT2D eigenvalue weighted by Crippen LogP contribution is -2.05. The van der Waals surface area contributed by atoms with Gasteiger partial charge in [-0.3, -0.25) is 0 Å². The first kappa shape index (κ1) is 14.8. The van der Waals surface area contributed by atoms with Crippen LogP contribution in [0, 0.1) is 0 Å². The minimum Gasteiger partial charge on any atom is -0.491 e. The van der Waals surface area contributed by atoms with Gasteiger partial charge in [-0.05, 0) is 49.2 Å². The van der Waals surface area contributed by atoms with Gasteiger partial charge in [0.25, 0.3) is 0 Å². The SMILES string of the molecule is C=C(Cc1nc2ccccc2s1)c1ccc(OC(C)C)cc1. The van der Waals surface area contributed by atoms with Gasteiger partial charge in [0.1, 0.15) is 5.75 Å². The highest BCUT2D eigenvalue weighted by atomic mass is 32.1. The van der Waals surface area contributed by atoms with Crippen molar-refractivity contribution >= 4 is 27.1 Å². The average Bonchev–Trinajstić information content (AvgIpc) is 2.89. The predicted molar refractivity (Wildman–Crippen MR) is 94.6 cm³/mol. The molecule has 0 N–H and O–H groups in total. The molecule has 1 heterocycles. The van der Waals surface area contributed by atoms with Crippen molar-refractivity contribution in [2.75, 3.05) is 0 Å². The van der Waals surface area contributed by atoms with Gasteiger partial charge in [-0.25, -0.2) is 4.98 Å². The van der Waals surface area contributed by atoms with E-state index in [-0.39, 0.29) is 6.10 Å². The molecule has 0 radical (unpaired) electrons. The number of fused-ring (bicyclic) bond motifs is 1. The molecule has 1 aromatic heterocycles. The minimum absolute atomic E-state index is 0.191. The van der Waals surface area contributed by atoms with Gasteiger partial charge in [0.05, 0.1) is 21.3 Å². The Hall–Kier alpha value is -2.13. The van der Waals surface area contributed by atoms with Crippen molar-refractivity contribution in [1.29, 1.82) is 0 Å². The Morgan fingerprint density at radius 1 is 1.14 bits per heavy atom. The standard InChI is InChI=1S/C19H19NOS/c1-13(2)21-16-10-8-15(9-11-16)14(3)12-19-20-17-6-4-5-7-18(17)22-19/h4-11,13H,3,12H2,1-2H3. The number of aromatic nitrogens is 1. The van der Waals surface area contributed by atoms with Crippen LogP contribution in [-0.2, 0) is 6.42 Å². The Bertz CT molecular complexity index is 754. The van der Waals surface area contributed by atoms with Crippen LogP contribution in [0.5, 0.6) is 5.75 Å². The van der Waals surface area contributed by atoms with Crippen LogP contribution in [0.25, 0.3) is 15.8 Å². The molecule has 2 nitrogen and oxygen atoms in total. The highest BCUT2D eigenvalue weighted by Crippen LogP contribution is 2.26. The number of nitrogens with zero attached hydrogens (tertiary/aromatic N) is 1. The molecule has 112 valence electrons. The van der Waals surface area contributed by atoms with Crippen LogP contribution in [0.1, 0.15) is 24.4 Å². The number of thiazole rings is 1. The lowest BCUT2D eigenvalue weighted by Gasteiger charge is -2.10. The fourth-order valence-electron chi connectivity index (χ4n) is 2.32. The number of hydrogen-bond acceptors (Lipinski definition) is 3. The van der Waals surface area contributed by atoms with Gasteiger partial charge in [0.15, 0.2) is 0 Å². The highest BCUT2D eigenvalue weighted by Gasteiger charge is 2.07. The van der Waals surface area contributed by atoms with Crippen molar-refractivity contribution in [3.8, 4) is 5.75 Å². The Labute approximate surface area is 135 Å². The van der Waals surface area contributed by atoms with Crippen molar-refractivity contribution in [2.45, 2.75) is 26.4 Å². The second-order valence-electron chi connectivity index (χ2n) is 5.55. The molecule has 0 saturated carbocycles. The van der Waals surface area contributed by atoms with E-state index in [0.29, 0.717) is 0 Å². The molecule has 0 aliphatic rings. The number of ether oxygens (including phenoxy) is 1. The third kappa shape index (κ3) is 3.37. The van der Waals surface area contributed by atoms with Gasteiger partial charge in [-0.1, -0.05) is 30.8 Å². The van der Waals surface area contributed by atoms with Gasteiger partial charge in [-0.2, -0.15) is 0 Å². The quantitative estimate of drug-likeness (QED) is 0.634. The smallest absolute Gasteiger partial charge is 0.119 e. The maximum absolute atomic E-state index is 5.67. The van der Waals surface area contributed by atoms with Crippen molar-refractivity contribution in [3.05, 3.63) is 65.7 Å². The van der Waals surface area contributed by atoms with Gasteiger partial charge in [-0.15, -0.1) is 11.3 Å². The molecule has 22 heavy (non-hydrogen) atoms. The van der Waals surface area contributed by atoms with E-state index in [1.165, 1.54) is 4.70 Å². The van der Waals surface area contributed by atoms with Crippen LogP contribution in [0.15, 0.2) is 55.1 Å². The Morgan fingerprint density at radius 2 is 1.86 bits per heavy atom. The fraction of sp³-hybridized carbons (Fsp3) is 0.211. The molecule has 0 fully saturated rings. The Kier molecular flexibility index (Phi) is 4.25. The maximum atomic E-state index is 5.67. The van der Waals surface area contributed by atoms with E-state index in [4.69, 9.17) is 4.74 Å². The molecule has 0 unspecified atom stereocenters. The van der Waals surface area contributed by atoms with Gasteiger partial charge in [0.2, 0.25) is 0 Å². The van der Waals surface area contributed by atoms with E-state index in [1.807, 2.05) is 38.1 Å². The van der Waals surface area contributed by atoms with Gasteiger partial charge >= 0.3 is 0 Å². The van der Waals surface area contributed by atoms with Crippen molar-refractivity contribution in [2.24, 2.45) is 0 Å². The fourth-order valence-corrected chi connectivity index (χ4v) is 3.33. The molecule has 3 heteroatoms.